The molecule has 2 amide bonds. The average Bonchev–Trinajstić information content (AvgIpc) is 3.11. The first kappa shape index (κ1) is 20.8. The summed E-state index contributed by atoms with van der Waals surface area (Å²) in [6.07, 6.45) is 9.90. The van der Waals surface area contributed by atoms with Crippen LogP contribution in [0.1, 0.15) is 66.4 Å². The zero-order valence-electron chi connectivity index (χ0n) is 17.3. The minimum absolute atomic E-state index is 0.0783. The van der Waals surface area contributed by atoms with Gasteiger partial charge in [0.2, 0.25) is 5.91 Å². The van der Waals surface area contributed by atoms with Crippen LogP contribution in [-0.4, -0.2) is 27.4 Å². The standard InChI is InChI=1S/C22H28N4O3S/c1-14-9-10-17-18(12-14)30-22(24-17)25-19(27)13-26-11-5-8-16(21(26)29)20(28)23-15-6-3-2-4-7-15/h5,8,11,14-15H,2-4,6-7,9-10,12-13H2,1H3,(H,23,28)(H,24,25,27)/t14-/m0/s1. The van der Waals surface area contributed by atoms with E-state index in [4.69, 9.17) is 0 Å². The Balaban J connectivity index is 1.40. The van der Waals surface area contributed by atoms with E-state index in [1.165, 1.54) is 39.5 Å². The predicted octanol–water partition coefficient (Wildman–Crippen LogP) is 3.13. The fourth-order valence-corrected chi connectivity index (χ4v) is 5.44. The SMILES string of the molecule is C[C@H]1CCc2nc(NC(=O)Cn3cccc(C(=O)NC4CCCCC4)c3=O)sc2C1. The van der Waals surface area contributed by atoms with Crippen LogP contribution in [0.5, 0.6) is 0 Å². The topological polar surface area (TPSA) is 93.1 Å². The van der Waals surface area contributed by atoms with Gasteiger partial charge < -0.3 is 15.2 Å². The summed E-state index contributed by atoms with van der Waals surface area (Å²) < 4.78 is 1.28. The Morgan fingerprint density at radius 2 is 2.03 bits per heavy atom. The van der Waals surface area contributed by atoms with Gasteiger partial charge in [0.05, 0.1) is 5.69 Å². The highest BCUT2D eigenvalue weighted by Gasteiger charge is 2.22. The van der Waals surface area contributed by atoms with Gasteiger partial charge in [0.1, 0.15) is 12.1 Å². The minimum Gasteiger partial charge on any atom is -0.349 e. The van der Waals surface area contributed by atoms with Crippen molar-refractivity contribution in [3.63, 3.8) is 0 Å². The molecule has 0 aliphatic heterocycles. The number of carbonyl (C=O) groups excluding carboxylic acids is 2. The molecule has 1 saturated carbocycles. The Morgan fingerprint density at radius 3 is 2.83 bits per heavy atom. The summed E-state index contributed by atoms with van der Waals surface area (Å²) in [4.78, 5) is 43.6. The van der Waals surface area contributed by atoms with E-state index >= 15 is 0 Å². The third kappa shape index (κ3) is 4.80. The molecule has 8 heteroatoms. The average molecular weight is 429 g/mol. The second-order valence-corrected chi connectivity index (χ2v) is 9.53. The normalized spacial score (nSPS) is 19.2. The van der Waals surface area contributed by atoms with Crippen molar-refractivity contribution in [3.8, 4) is 0 Å². The van der Waals surface area contributed by atoms with Crippen LogP contribution in [0.3, 0.4) is 0 Å². The van der Waals surface area contributed by atoms with Gasteiger partial charge in [-0.2, -0.15) is 0 Å². The monoisotopic (exact) mass is 428 g/mol. The van der Waals surface area contributed by atoms with E-state index < -0.39 is 5.56 Å². The molecular weight excluding hydrogens is 400 g/mol. The molecule has 0 radical (unpaired) electrons. The van der Waals surface area contributed by atoms with E-state index in [-0.39, 0.29) is 30.0 Å². The third-order valence-electron chi connectivity index (χ3n) is 5.95. The van der Waals surface area contributed by atoms with Gasteiger partial charge in [0.25, 0.3) is 11.5 Å². The van der Waals surface area contributed by atoms with Crippen molar-refractivity contribution in [2.75, 3.05) is 5.32 Å². The van der Waals surface area contributed by atoms with Gasteiger partial charge in [-0.05, 0) is 50.2 Å². The second-order valence-electron chi connectivity index (χ2n) is 8.45. The number of anilines is 1. The zero-order chi connectivity index (χ0) is 21.1. The van der Waals surface area contributed by atoms with Crippen molar-refractivity contribution in [2.24, 2.45) is 5.92 Å². The molecular formula is C22H28N4O3S. The van der Waals surface area contributed by atoms with Crippen LogP contribution in [-0.2, 0) is 24.2 Å². The molecule has 2 aliphatic carbocycles. The summed E-state index contributed by atoms with van der Waals surface area (Å²) >= 11 is 1.52. The highest BCUT2D eigenvalue weighted by molar-refractivity contribution is 7.15. The summed E-state index contributed by atoms with van der Waals surface area (Å²) in [7, 11) is 0. The van der Waals surface area contributed by atoms with Gasteiger partial charge in [-0.15, -0.1) is 11.3 Å². The Hall–Kier alpha value is -2.48. The van der Waals surface area contributed by atoms with E-state index in [1.54, 1.807) is 6.07 Å². The van der Waals surface area contributed by atoms with Crippen molar-refractivity contribution >= 4 is 28.3 Å². The minimum atomic E-state index is -0.451. The van der Waals surface area contributed by atoms with Crippen LogP contribution in [0.25, 0.3) is 0 Å². The lowest BCUT2D eigenvalue weighted by Gasteiger charge is -2.22. The number of nitrogens with zero attached hydrogens (tertiary/aromatic N) is 2. The lowest BCUT2D eigenvalue weighted by atomic mass is 9.93. The number of nitrogens with one attached hydrogen (secondary N) is 2. The van der Waals surface area contributed by atoms with Crippen LogP contribution in [0.4, 0.5) is 5.13 Å². The second kappa shape index (κ2) is 9.12. The number of aromatic nitrogens is 2. The molecule has 0 saturated heterocycles. The van der Waals surface area contributed by atoms with Crippen molar-refractivity contribution < 1.29 is 9.59 Å². The summed E-state index contributed by atoms with van der Waals surface area (Å²) in [6, 6.07) is 3.28. The van der Waals surface area contributed by atoms with Crippen LogP contribution in [0.2, 0.25) is 0 Å². The first-order chi connectivity index (χ1) is 14.5. The smallest absolute Gasteiger partial charge is 0.263 e. The fourth-order valence-electron chi connectivity index (χ4n) is 4.25. The van der Waals surface area contributed by atoms with Crippen molar-refractivity contribution in [1.29, 1.82) is 0 Å². The van der Waals surface area contributed by atoms with Crippen molar-refractivity contribution in [1.82, 2.24) is 14.9 Å². The molecule has 1 atom stereocenters. The summed E-state index contributed by atoms with van der Waals surface area (Å²) in [5, 5.41) is 6.36. The number of carbonyl (C=O) groups is 2. The number of amides is 2. The lowest BCUT2D eigenvalue weighted by Crippen LogP contribution is -2.40. The maximum Gasteiger partial charge on any atom is 0.263 e. The summed E-state index contributed by atoms with van der Waals surface area (Å²) in [5.41, 5.74) is 0.703. The van der Waals surface area contributed by atoms with Gasteiger partial charge in [0.15, 0.2) is 5.13 Å². The van der Waals surface area contributed by atoms with E-state index in [1.807, 2.05) is 0 Å². The van der Waals surface area contributed by atoms with Crippen LogP contribution >= 0.6 is 11.3 Å². The highest BCUT2D eigenvalue weighted by atomic mass is 32.1. The van der Waals surface area contributed by atoms with Crippen LogP contribution in [0.15, 0.2) is 23.1 Å². The number of hydrogen-bond acceptors (Lipinski definition) is 5. The molecule has 2 N–H and O–H groups in total. The quantitative estimate of drug-likeness (QED) is 0.765. The number of rotatable bonds is 5. The Kier molecular flexibility index (Phi) is 6.32. The van der Waals surface area contributed by atoms with Gasteiger partial charge in [0, 0.05) is 17.1 Å². The Bertz CT molecular complexity index is 991. The predicted molar refractivity (Wildman–Crippen MR) is 117 cm³/mol. The molecule has 2 aromatic heterocycles. The maximum atomic E-state index is 12.7. The molecule has 1 fully saturated rings. The van der Waals surface area contributed by atoms with Gasteiger partial charge in [-0.3, -0.25) is 14.4 Å². The molecule has 30 heavy (non-hydrogen) atoms. The fraction of sp³-hybridized carbons (Fsp3) is 0.545. The molecule has 4 rings (SSSR count). The molecule has 0 spiro atoms. The molecule has 2 heterocycles. The van der Waals surface area contributed by atoms with Crippen LogP contribution in [0, 0.1) is 5.92 Å². The Morgan fingerprint density at radius 1 is 1.23 bits per heavy atom. The largest absolute Gasteiger partial charge is 0.349 e. The van der Waals surface area contributed by atoms with Crippen molar-refractivity contribution in [3.05, 3.63) is 44.8 Å². The molecule has 0 aromatic carbocycles. The summed E-state index contributed by atoms with van der Waals surface area (Å²) in [6.45, 7) is 2.08. The van der Waals surface area contributed by atoms with E-state index in [0.29, 0.717) is 11.0 Å². The molecule has 2 aromatic rings. The number of aryl methyl sites for hydroxylation is 1. The van der Waals surface area contributed by atoms with E-state index in [0.717, 1.165) is 50.6 Å². The van der Waals surface area contributed by atoms with E-state index in [2.05, 4.69) is 22.5 Å². The summed E-state index contributed by atoms with van der Waals surface area (Å²) in [5.74, 6) is -0.0352. The molecule has 7 nitrogen and oxygen atoms in total. The number of pyridine rings is 1. The number of fused-ring (bicyclic) bond motifs is 1. The van der Waals surface area contributed by atoms with Crippen LogP contribution < -0.4 is 16.2 Å². The Labute approximate surface area is 179 Å². The van der Waals surface area contributed by atoms with Gasteiger partial charge >= 0.3 is 0 Å². The van der Waals surface area contributed by atoms with Gasteiger partial charge in [-0.25, -0.2) is 4.98 Å². The molecule has 2 aliphatic rings. The molecule has 0 bridgehead atoms. The zero-order valence-corrected chi connectivity index (χ0v) is 18.1. The van der Waals surface area contributed by atoms with E-state index in [9.17, 15) is 14.4 Å². The maximum absolute atomic E-state index is 12.7. The number of hydrogen-bond donors (Lipinski definition) is 2. The number of thiazole rings is 1. The lowest BCUT2D eigenvalue weighted by molar-refractivity contribution is -0.116. The van der Waals surface area contributed by atoms with Crippen molar-refractivity contribution in [2.45, 2.75) is 70.9 Å². The molecule has 0 unspecified atom stereocenters. The first-order valence-electron chi connectivity index (χ1n) is 10.8. The first-order valence-corrected chi connectivity index (χ1v) is 11.6. The highest BCUT2D eigenvalue weighted by Crippen LogP contribution is 2.32. The van der Waals surface area contributed by atoms with Gasteiger partial charge in [-0.1, -0.05) is 26.2 Å². The molecule has 160 valence electrons. The third-order valence-corrected chi connectivity index (χ3v) is 6.99.